The number of hydrogen-bond donors (Lipinski definition) is 2. The summed E-state index contributed by atoms with van der Waals surface area (Å²) < 4.78 is 30.4. The molecule has 0 bridgehead atoms. The monoisotopic (exact) mass is 216 g/mol. The SMILES string of the molecule is CC(C)c1cc(S(=O)(=O)O)ccc1O. The number of phenols is 1. The first kappa shape index (κ1) is 11.0. The van der Waals surface area contributed by atoms with E-state index in [1.165, 1.54) is 12.1 Å². The zero-order valence-electron chi connectivity index (χ0n) is 7.93. The summed E-state index contributed by atoms with van der Waals surface area (Å²) in [5.74, 6) is 0.0316. The summed E-state index contributed by atoms with van der Waals surface area (Å²) >= 11 is 0. The molecule has 0 radical (unpaired) electrons. The minimum atomic E-state index is -4.19. The lowest BCUT2D eigenvalue weighted by Crippen LogP contribution is -1.99. The Kier molecular flexibility index (Phi) is 2.82. The smallest absolute Gasteiger partial charge is 0.294 e. The Morgan fingerprint density at radius 2 is 1.86 bits per heavy atom. The van der Waals surface area contributed by atoms with E-state index in [9.17, 15) is 13.5 Å². The second-order valence-electron chi connectivity index (χ2n) is 3.35. The van der Waals surface area contributed by atoms with Crippen molar-refractivity contribution >= 4 is 10.1 Å². The fraction of sp³-hybridized carbons (Fsp3) is 0.333. The number of rotatable bonds is 2. The van der Waals surface area contributed by atoms with E-state index in [1.807, 2.05) is 13.8 Å². The predicted octanol–water partition coefficient (Wildman–Crippen LogP) is 1.76. The van der Waals surface area contributed by atoms with Gasteiger partial charge in [-0.3, -0.25) is 4.55 Å². The molecule has 0 fully saturated rings. The lowest BCUT2D eigenvalue weighted by atomic mass is 10.0. The molecule has 0 aromatic heterocycles. The second kappa shape index (κ2) is 3.59. The molecule has 0 atom stereocenters. The molecule has 0 amide bonds. The summed E-state index contributed by atoms with van der Waals surface area (Å²) in [4.78, 5) is -0.195. The molecule has 0 aliphatic carbocycles. The van der Waals surface area contributed by atoms with Crippen molar-refractivity contribution in [2.75, 3.05) is 0 Å². The minimum Gasteiger partial charge on any atom is -0.508 e. The highest BCUT2D eigenvalue weighted by Crippen LogP contribution is 2.27. The molecule has 1 aromatic carbocycles. The van der Waals surface area contributed by atoms with E-state index in [-0.39, 0.29) is 16.6 Å². The van der Waals surface area contributed by atoms with E-state index >= 15 is 0 Å². The molecular weight excluding hydrogens is 204 g/mol. The Balaban J connectivity index is 3.34. The van der Waals surface area contributed by atoms with Crippen LogP contribution < -0.4 is 0 Å². The van der Waals surface area contributed by atoms with Crippen LogP contribution in [0.2, 0.25) is 0 Å². The molecule has 5 heteroatoms. The third-order valence-corrected chi connectivity index (χ3v) is 2.77. The summed E-state index contributed by atoms with van der Waals surface area (Å²) in [7, 11) is -4.19. The number of aromatic hydroxyl groups is 1. The lowest BCUT2D eigenvalue weighted by Gasteiger charge is -2.08. The Bertz CT molecular complexity index is 434. The molecule has 0 saturated heterocycles. The molecule has 0 aliphatic heterocycles. The molecule has 0 unspecified atom stereocenters. The van der Waals surface area contributed by atoms with Crippen molar-refractivity contribution in [3.63, 3.8) is 0 Å². The van der Waals surface area contributed by atoms with E-state index in [1.54, 1.807) is 0 Å². The van der Waals surface area contributed by atoms with E-state index in [4.69, 9.17) is 4.55 Å². The van der Waals surface area contributed by atoms with Crippen molar-refractivity contribution < 1.29 is 18.1 Å². The van der Waals surface area contributed by atoms with Gasteiger partial charge >= 0.3 is 0 Å². The van der Waals surface area contributed by atoms with Crippen LogP contribution in [0, 0.1) is 0 Å². The first-order chi connectivity index (χ1) is 6.32. The molecule has 0 heterocycles. The van der Waals surface area contributed by atoms with Gasteiger partial charge in [-0.15, -0.1) is 0 Å². The highest BCUT2D eigenvalue weighted by molar-refractivity contribution is 7.85. The van der Waals surface area contributed by atoms with Crippen molar-refractivity contribution in [2.24, 2.45) is 0 Å². The van der Waals surface area contributed by atoms with Crippen LogP contribution in [0.25, 0.3) is 0 Å². The highest BCUT2D eigenvalue weighted by atomic mass is 32.2. The van der Waals surface area contributed by atoms with Crippen LogP contribution >= 0.6 is 0 Å². The zero-order valence-corrected chi connectivity index (χ0v) is 8.75. The van der Waals surface area contributed by atoms with Gasteiger partial charge in [-0.05, 0) is 29.7 Å². The summed E-state index contributed by atoms with van der Waals surface area (Å²) in [6.45, 7) is 3.64. The fourth-order valence-electron chi connectivity index (χ4n) is 1.16. The van der Waals surface area contributed by atoms with E-state index < -0.39 is 10.1 Å². The molecule has 14 heavy (non-hydrogen) atoms. The number of benzene rings is 1. The van der Waals surface area contributed by atoms with Crippen LogP contribution in [0.4, 0.5) is 0 Å². The standard InChI is InChI=1S/C9H12O4S/c1-6(2)8-5-7(14(11,12)13)3-4-9(8)10/h3-6,10H,1-2H3,(H,11,12,13). The van der Waals surface area contributed by atoms with Gasteiger partial charge in [0.25, 0.3) is 10.1 Å². The topological polar surface area (TPSA) is 74.6 Å². The first-order valence-corrected chi connectivity index (χ1v) is 5.57. The van der Waals surface area contributed by atoms with E-state index in [2.05, 4.69) is 0 Å². The van der Waals surface area contributed by atoms with Crippen molar-refractivity contribution in [1.82, 2.24) is 0 Å². The van der Waals surface area contributed by atoms with Crippen LogP contribution in [0.5, 0.6) is 5.75 Å². The van der Waals surface area contributed by atoms with E-state index in [0.29, 0.717) is 5.56 Å². The third-order valence-electron chi connectivity index (χ3n) is 1.92. The first-order valence-electron chi connectivity index (χ1n) is 4.13. The Morgan fingerprint density at radius 1 is 1.29 bits per heavy atom. The molecule has 0 saturated carbocycles. The van der Waals surface area contributed by atoms with Crippen molar-refractivity contribution in [3.8, 4) is 5.75 Å². The van der Waals surface area contributed by atoms with Gasteiger partial charge in [-0.2, -0.15) is 8.42 Å². The van der Waals surface area contributed by atoms with Gasteiger partial charge in [0.05, 0.1) is 4.90 Å². The maximum Gasteiger partial charge on any atom is 0.294 e. The van der Waals surface area contributed by atoms with Crippen LogP contribution in [-0.2, 0) is 10.1 Å². The molecule has 0 aliphatic rings. The summed E-state index contributed by atoms with van der Waals surface area (Å²) in [6.07, 6.45) is 0. The average Bonchev–Trinajstić information content (AvgIpc) is 2.02. The van der Waals surface area contributed by atoms with E-state index in [0.717, 1.165) is 6.07 Å². The molecule has 1 rings (SSSR count). The second-order valence-corrected chi connectivity index (χ2v) is 4.77. The van der Waals surface area contributed by atoms with Gasteiger partial charge in [0.15, 0.2) is 0 Å². The molecular formula is C9H12O4S. The third kappa shape index (κ3) is 2.24. The van der Waals surface area contributed by atoms with Gasteiger partial charge in [0.2, 0.25) is 0 Å². The maximum atomic E-state index is 10.8. The highest BCUT2D eigenvalue weighted by Gasteiger charge is 2.13. The van der Waals surface area contributed by atoms with Gasteiger partial charge in [-0.1, -0.05) is 13.8 Å². The van der Waals surface area contributed by atoms with Crippen molar-refractivity contribution in [1.29, 1.82) is 0 Å². The van der Waals surface area contributed by atoms with Crippen LogP contribution in [0.15, 0.2) is 23.1 Å². The van der Waals surface area contributed by atoms with Gasteiger partial charge in [0, 0.05) is 0 Å². The van der Waals surface area contributed by atoms with Crippen LogP contribution in [0.1, 0.15) is 25.3 Å². The average molecular weight is 216 g/mol. The van der Waals surface area contributed by atoms with Gasteiger partial charge < -0.3 is 5.11 Å². The molecule has 1 aromatic rings. The Labute approximate surface area is 82.9 Å². The number of phenolic OH excluding ortho intramolecular Hbond substituents is 1. The predicted molar refractivity (Wildman–Crippen MR) is 52.0 cm³/mol. The quantitative estimate of drug-likeness (QED) is 0.739. The van der Waals surface area contributed by atoms with Gasteiger partial charge in [-0.25, -0.2) is 0 Å². The molecule has 0 spiro atoms. The molecule has 2 N–H and O–H groups in total. The normalized spacial score (nSPS) is 12.0. The van der Waals surface area contributed by atoms with Crippen molar-refractivity contribution in [2.45, 2.75) is 24.7 Å². The maximum absolute atomic E-state index is 10.8. The van der Waals surface area contributed by atoms with Crippen LogP contribution in [0.3, 0.4) is 0 Å². The zero-order chi connectivity index (χ0) is 10.9. The van der Waals surface area contributed by atoms with Crippen molar-refractivity contribution in [3.05, 3.63) is 23.8 Å². The number of hydrogen-bond acceptors (Lipinski definition) is 3. The lowest BCUT2D eigenvalue weighted by molar-refractivity contribution is 0.462. The largest absolute Gasteiger partial charge is 0.508 e. The molecule has 78 valence electrons. The van der Waals surface area contributed by atoms with Gasteiger partial charge in [0.1, 0.15) is 5.75 Å². The Hall–Kier alpha value is -1.07. The minimum absolute atomic E-state index is 0.00306. The Morgan fingerprint density at radius 3 is 2.29 bits per heavy atom. The van der Waals surface area contributed by atoms with Crippen LogP contribution in [-0.4, -0.2) is 18.1 Å². The fourth-order valence-corrected chi connectivity index (χ4v) is 1.67. The summed E-state index contributed by atoms with van der Waals surface area (Å²) in [6, 6.07) is 3.70. The molecule has 4 nitrogen and oxygen atoms in total. The summed E-state index contributed by atoms with van der Waals surface area (Å²) in [5.41, 5.74) is 0.500. The summed E-state index contributed by atoms with van der Waals surface area (Å²) in [5, 5.41) is 9.39.